The number of hydrogen-bond donors (Lipinski definition) is 3. The molecule has 2 rings (SSSR count). The highest BCUT2D eigenvalue weighted by molar-refractivity contribution is 5.97. The number of hydrogen-bond acceptors (Lipinski definition) is 3. The second-order valence-electron chi connectivity index (χ2n) is 6.92. The molecule has 1 aromatic carbocycles. The van der Waals surface area contributed by atoms with Crippen LogP contribution in [0.2, 0.25) is 0 Å². The maximum absolute atomic E-state index is 12.5. The summed E-state index contributed by atoms with van der Waals surface area (Å²) in [5, 5.41) is 12.5. The van der Waals surface area contributed by atoms with Crippen LogP contribution in [-0.4, -0.2) is 28.1 Å². The quantitative estimate of drug-likeness (QED) is 0.722. The summed E-state index contributed by atoms with van der Waals surface area (Å²) in [6.07, 6.45) is 2.10. The van der Waals surface area contributed by atoms with E-state index in [1.54, 1.807) is 6.20 Å². The van der Waals surface area contributed by atoms with Gasteiger partial charge in [-0.2, -0.15) is 5.10 Å². The molecule has 6 heteroatoms. The standard InChI is InChI=1S/C19H26N4O2/c1-12(2)11-17(24)22-18(13(3)4)19(25)21-15-7-5-14(6-8-15)16-9-10-20-23-16/h5-10,12-13,18H,11H2,1-4H3,(H,20,23)(H,21,25)(H,22,24)/t18-/m0/s1. The van der Waals surface area contributed by atoms with Crippen LogP contribution in [0.1, 0.15) is 34.1 Å². The van der Waals surface area contributed by atoms with E-state index in [2.05, 4.69) is 20.8 Å². The van der Waals surface area contributed by atoms with E-state index in [1.807, 2.05) is 58.0 Å². The normalized spacial score (nSPS) is 12.2. The molecule has 0 saturated heterocycles. The van der Waals surface area contributed by atoms with E-state index in [4.69, 9.17) is 0 Å². The molecule has 1 atom stereocenters. The molecule has 2 amide bonds. The third-order valence-corrected chi connectivity index (χ3v) is 3.82. The Morgan fingerprint density at radius 2 is 1.76 bits per heavy atom. The SMILES string of the molecule is CC(C)CC(=O)N[C@H](C(=O)Nc1ccc(-c2ccn[nH]2)cc1)C(C)C. The highest BCUT2D eigenvalue weighted by Crippen LogP contribution is 2.19. The molecule has 1 aromatic heterocycles. The lowest BCUT2D eigenvalue weighted by Crippen LogP contribution is -2.47. The van der Waals surface area contributed by atoms with Crippen molar-refractivity contribution in [2.45, 2.75) is 40.2 Å². The fourth-order valence-corrected chi connectivity index (χ4v) is 2.51. The van der Waals surface area contributed by atoms with Gasteiger partial charge in [-0.15, -0.1) is 0 Å². The van der Waals surface area contributed by atoms with Crippen LogP contribution in [0.5, 0.6) is 0 Å². The maximum atomic E-state index is 12.5. The first-order chi connectivity index (χ1) is 11.9. The third-order valence-electron chi connectivity index (χ3n) is 3.82. The molecule has 1 heterocycles. The summed E-state index contributed by atoms with van der Waals surface area (Å²) < 4.78 is 0. The van der Waals surface area contributed by atoms with E-state index in [-0.39, 0.29) is 23.7 Å². The summed E-state index contributed by atoms with van der Waals surface area (Å²) in [5.74, 6) is -0.0499. The summed E-state index contributed by atoms with van der Waals surface area (Å²) in [6.45, 7) is 7.79. The number of carbonyl (C=O) groups excluding carboxylic acids is 2. The van der Waals surface area contributed by atoms with Gasteiger partial charge >= 0.3 is 0 Å². The molecule has 0 fully saturated rings. The van der Waals surface area contributed by atoms with Crippen molar-refractivity contribution in [1.29, 1.82) is 0 Å². The second kappa shape index (κ2) is 8.46. The van der Waals surface area contributed by atoms with Crippen LogP contribution in [0.25, 0.3) is 11.3 Å². The number of nitrogens with one attached hydrogen (secondary N) is 3. The second-order valence-corrected chi connectivity index (χ2v) is 6.92. The summed E-state index contributed by atoms with van der Waals surface area (Å²) >= 11 is 0. The van der Waals surface area contributed by atoms with Gasteiger partial charge in [0.25, 0.3) is 0 Å². The first-order valence-corrected chi connectivity index (χ1v) is 8.57. The smallest absolute Gasteiger partial charge is 0.247 e. The number of anilines is 1. The number of amides is 2. The van der Waals surface area contributed by atoms with Crippen LogP contribution in [0, 0.1) is 11.8 Å². The number of H-pyrrole nitrogens is 1. The minimum Gasteiger partial charge on any atom is -0.344 e. The van der Waals surface area contributed by atoms with Crippen molar-refractivity contribution in [3.05, 3.63) is 36.5 Å². The lowest BCUT2D eigenvalue weighted by Gasteiger charge is -2.22. The van der Waals surface area contributed by atoms with Crippen LogP contribution in [0.15, 0.2) is 36.5 Å². The molecule has 6 nitrogen and oxygen atoms in total. The Kier molecular flexibility index (Phi) is 6.33. The lowest BCUT2D eigenvalue weighted by atomic mass is 10.0. The monoisotopic (exact) mass is 342 g/mol. The molecule has 0 aliphatic carbocycles. The highest BCUT2D eigenvalue weighted by Gasteiger charge is 2.24. The minimum atomic E-state index is -0.557. The average molecular weight is 342 g/mol. The highest BCUT2D eigenvalue weighted by atomic mass is 16.2. The number of aromatic nitrogens is 2. The molecule has 0 spiro atoms. The topological polar surface area (TPSA) is 86.9 Å². The molecule has 25 heavy (non-hydrogen) atoms. The van der Waals surface area contributed by atoms with Gasteiger partial charge in [0.2, 0.25) is 11.8 Å². The Labute approximate surface area is 148 Å². The summed E-state index contributed by atoms with van der Waals surface area (Å²) in [7, 11) is 0. The molecule has 2 aromatic rings. The molecule has 3 N–H and O–H groups in total. The lowest BCUT2D eigenvalue weighted by molar-refractivity contribution is -0.127. The summed E-state index contributed by atoms with van der Waals surface area (Å²) in [6, 6.07) is 8.81. The number of carbonyl (C=O) groups is 2. The van der Waals surface area contributed by atoms with E-state index >= 15 is 0 Å². The van der Waals surface area contributed by atoms with Gasteiger partial charge in [0, 0.05) is 18.3 Å². The molecular weight excluding hydrogens is 316 g/mol. The fraction of sp³-hybridized carbons (Fsp3) is 0.421. The van der Waals surface area contributed by atoms with Gasteiger partial charge in [0.15, 0.2) is 0 Å². The number of nitrogens with zero attached hydrogens (tertiary/aromatic N) is 1. The zero-order chi connectivity index (χ0) is 18.4. The van der Waals surface area contributed by atoms with Gasteiger partial charge in [-0.3, -0.25) is 14.7 Å². The van der Waals surface area contributed by atoms with Gasteiger partial charge in [-0.25, -0.2) is 0 Å². The van der Waals surface area contributed by atoms with Crippen molar-refractivity contribution in [3.8, 4) is 11.3 Å². The Balaban J connectivity index is 2.01. The molecule has 0 aliphatic rings. The van der Waals surface area contributed by atoms with Gasteiger partial charge in [-0.05, 0) is 35.6 Å². The van der Waals surface area contributed by atoms with E-state index in [0.717, 1.165) is 11.3 Å². The summed E-state index contributed by atoms with van der Waals surface area (Å²) in [5.41, 5.74) is 2.59. The van der Waals surface area contributed by atoms with Crippen LogP contribution >= 0.6 is 0 Å². The van der Waals surface area contributed by atoms with Crippen molar-refractivity contribution >= 4 is 17.5 Å². The Morgan fingerprint density at radius 3 is 2.28 bits per heavy atom. The van der Waals surface area contributed by atoms with Crippen molar-refractivity contribution in [2.24, 2.45) is 11.8 Å². The Morgan fingerprint density at radius 1 is 1.08 bits per heavy atom. The van der Waals surface area contributed by atoms with Crippen LogP contribution in [0.3, 0.4) is 0 Å². The zero-order valence-electron chi connectivity index (χ0n) is 15.2. The molecule has 0 bridgehead atoms. The molecule has 0 saturated carbocycles. The maximum Gasteiger partial charge on any atom is 0.247 e. The minimum absolute atomic E-state index is 0.000351. The predicted octanol–water partition coefficient (Wildman–Crippen LogP) is 3.20. The predicted molar refractivity (Wildman–Crippen MR) is 98.9 cm³/mol. The van der Waals surface area contributed by atoms with Crippen molar-refractivity contribution < 1.29 is 9.59 Å². The molecule has 134 valence electrons. The van der Waals surface area contributed by atoms with Crippen molar-refractivity contribution in [2.75, 3.05) is 5.32 Å². The number of benzene rings is 1. The number of aromatic amines is 1. The fourth-order valence-electron chi connectivity index (χ4n) is 2.51. The molecule has 0 aliphatic heterocycles. The van der Waals surface area contributed by atoms with Crippen molar-refractivity contribution in [3.63, 3.8) is 0 Å². The van der Waals surface area contributed by atoms with E-state index in [0.29, 0.717) is 12.1 Å². The largest absolute Gasteiger partial charge is 0.344 e. The Bertz CT molecular complexity index is 691. The third kappa shape index (κ3) is 5.45. The molecular formula is C19H26N4O2. The molecule has 0 unspecified atom stereocenters. The van der Waals surface area contributed by atoms with Gasteiger partial charge < -0.3 is 10.6 Å². The van der Waals surface area contributed by atoms with E-state index in [9.17, 15) is 9.59 Å². The van der Waals surface area contributed by atoms with Crippen LogP contribution in [-0.2, 0) is 9.59 Å². The molecule has 0 radical (unpaired) electrons. The Hall–Kier alpha value is -2.63. The first-order valence-electron chi connectivity index (χ1n) is 8.57. The van der Waals surface area contributed by atoms with Gasteiger partial charge in [-0.1, -0.05) is 39.8 Å². The van der Waals surface area contributed by atoms with Gasteiger partial charge in [0.1, 0.15) is 6.04 Å². The van der Waals surface area contributed by atoms with E-state index < -0.39 is 6.04 Å². The number of rotatable bonds is 7. The van der Waals surface area contributed by atoms with E-state index in [1.165, 1.54) is 0 Å². The van der Waals surface area contributed by atoms with Crippen LogP contribution in [0.4, 0.5) is 5.69 Å². The zero-order valence-corrected chi connectivity index (χ0v) is 15.2. The summed E-state index contributed by atoms with van der Waals surface area (Å²) in [4.78, 5) is 24.5. The van der Waals surface area contributed by atoms with Crippen LogP contribution < -0.4 is 10.6 Å². The van der Waals surface area contributed by atoms with Crippen molar-refractivity contribution in [1.82, 2.24) is 15.5 Å². The average Bonchev–Trinajstić information content (AvgIpc) is 3.06. The first kappa shape index (κ1) is 18.7. The van der Waals surface area contributed by atoms with Gasteiger partial charge in [0.05, 0.1) is 5.69 Å².